The van der Waals surface area contributed by atoms with Gasteiger partial charge in [0.25, 0.3) is 0 Å². The van der Waals surface area contributed by atoms with Crippen LogP contribution in [0.1, 0.15) is 39.2 Å². The van der Waals surface area contributed by atoms with Crippen LogP contribution in [-0.2, 0) is 4.74 Å². The summed E-state index contributed by atoms with van der Waals surface area (Å²) in [7, 11) is 1.64. The van der Waals surface area contributed by atoms with Gasteiger partial charge < -0.3 is 24.7 Å². The number of amides is 1. The zero-order chi connectivity index (χ0) is 27.7. The predicted molar refractivity (Wildman–Crippen MR) is 151 cm³/mol. The first kappa shape index (κ1) is 26.5. The van der Waals surface area contributed by atoms with Gasteiger partial charge in [-0.1, -0.05) is 6.07 Å². The minimum atomic E-state index is -0.552. The SMILES string of the molecule is COc1ccc2cc(-c3nncc(-c4cc(C)cc(F)c4)c3N3CCC(NC(=O)OC(C)(C)C)CC3)[nH]c2c1. The molecule has 0 atom stereocenters. The van der Waals surface area contributed by atoms with E-state index < -0.39 is 11.7 Å². The maximum absolute atomic E-state index is 14.5. The van der Waals surface area contributed by atoms with Gasteiger partial charge in [-0.05, 0) is 82.0 Å². The summed E-state index contributed by atoms with van der Waals surface area (Å²) >= 11 is 0. The molecule has 0 radical (unpaired) electrons. The fraction of sp³-hybridized carbons (Fsp3) is 0.367. The van der Waals surface area contributed by atoms with Crippen LogP contribution in [0.4, 0.5) is 14.9 Å². The molecule has 8 nitrogen and oxygen atoms in total. The van der Waals surface area contributed by atoms with Gasteiger partial charge in [0.05, 0.1) is 24.7 Å². The summed E-state index contributed by atoms with van der Waals surface area (Å²) in [5, 5.41) is 12.9. The summed E-state index contributed by atoms with van der Waals surface area (Å²) in [5.41, 5.74) is 5.11. The summed E-state index contributed by atoms with van der Waals surface area (Å²) in [4.78, 5) is 18.1. The Labute approximate surface area is 227 Å². The lowest BCUT2D eigenvalue weighted by Crippen LogP contribution is -2.46. The second-order valence-corrected chi connectivity index (χ2v) is 11.0. The quantitative estimate of drug-likeness (QED) is 0.317. The highest BCUT2D eigenvalue weighted by atomic mass is 19.1. The van der Waals surface area contributed by atoms with Gasteiger partial charge in [-0.15, -0.1) is 5.10 Å². The average Bonchev–Trinajstić information content (AvgIpc) is 3.30. The molecule has 1 aliphatic rings. The predicted octanol–water partition coefficient (Wildman–Crippen LogP) is 6.24. The van der Waals surface area contributed by atoms with Crippen LogP contribution < -0.4 is 15.0 Å². The van der Waals surface area contributed by atoms with Crippen molar-refractivity contribution >= 4 is 22.7 Å². The molecule has 39 heavy (non-hydrogen) atoms. The Hall–Kier alpha value is -4.14. The van der Waals surface area contributed by atoms with Gasteiger partial charge in [0.1, 0.15) is 22.9 Å². The van der Waals surface area contributed by atoms with E-state index in [9.17, 15) is 9.18 Å². The maximum atomic E-state index is 14.5. The van der Waals surface area contributed by atoms with Gasteiger partial charge in [0, 0.05) is 41.7 Å². The van der Waals surface area contributed by atoms with Crippen LogP contribution in [0.15, 0.2) is 48.7 Å². The van der Waals surface area contributed by atoms with E-state index in [4.69, 9.17) is 9.47 Å². The minimum Gasteiger partial charge on any atom is -0.497 e. The molecule has 0 saturated carbocycles. The first-order chi connectivity index (χ1) is 18.6. The number of anilines is 1. The zero-order valence-corrected chi connectivity index (χ0v) is 23.0. The van der Waals surface area contributed by atoms with Crippen LogP contribution in [0.3, 0.4) is 0 Å². The van der Waals surface area contributed by atoms with E-state index >= 15 is 0 Å². The van der Waals surface area contributed by atoms with Gasteiger partial charge in [-0.3, -0.25) is 0 Å². The first-order valence-electron chi connectivity index (χ1n) is 13.1. The number of nitrogens with one attached hydrogen (secondary N) is 2. The lowest BCUT2D eigenvalue weighted by atomic mass is 9.98. The summed E-state index contributed by atoms with van der Waals surface area (Å²) < 4.78 is 25.3. The van der Waals surface area contributed by atoms with E-state index in [0.717, 1.165) is 57.6 Å². The number of halogens is 1. The third-order valence-electron chi connectivity index (χ3n) is 6.79. The lowest BCUT2D eigenvalue weighted by molar-refractivity contribution is 0.0497. The Morgan fingerprint density at radius 1 is 1.13 bits per heavy atom. The highest BCUT2D eigenvalue weighted by molar-refractivity contribution is 5.93. The molecule has 3 heterocycles. The molecule has 1 fully saturated rings. The van der Waals surface area contributed by atoms with Crippen LogP contribution in [0.2, 0.25) is 0 Å². The van der Waals surface area contributed by atoms with Gasteiger partial charge >= 0.3 is 6.09 Å². The standard InChI is InChI=1S/C30H34FN5O3/c1-18-12-20(14-21(31)13-18)24-17-32-35-27(26-15-19-6-7-23(38-5)16-25(19)34-26)28(24)36-10-8-22(9-11-36)33-29(37)39-30(2,3)4/h6-7,12-17,22,34H,8-11H2,1-5H3,(H,33,37). The number of hydrogen-bond acceptors (Lipinski definition) is 6. The fourth-order valence-corrected chi connectivity index (χ4v) is 5.07. The molecular weight excluding hydrogens is 497 g/mol. The van der Waals surface area contributed by atoms with Crippen molar-refractivity contribution in [2.24, 2.45) is 0 Å². The van der Waals surface area contributed by atoms with Crippen molar-refractivity contribution in [1.82, 2.24) is 20.5 Å². The molecule has 4 aromatic rings. The number of ether oxygens (including phenoxy) is 2. The lowest BCUT2D eigenvalue weighted by Gasteiger charge is -2.36. The Kier molecular flexibility index (Phi) is 7.16. The van der Waals surface area contributed by atoms with Crippen molar-refractivity contribution in [3.8, 4) is 28.3 Å². The van der Waals surface area contributed by atoms with Gasteiger partial charge in [-0.2, -0.15) is 5.10 Å². The van der Waals surface area contributed by atoms with Gasteiger partial charge in [0.15, 0.2) is 0 Å². The topological polar surface area (TPSA) is 92.4 Å². The van der Waals surface area contributed by atoms with E-state index in [1.807, 2.05) is 58.0 Å². The summed E-state index contributed by atoms with van der Waals surface area (Å²) in [6, 6.07) is 12.9. The van der Waals surface area contributed by atoms with Crippen molar-refractivity contribution in [2.75, 3.05) is 25.1 Å². The summed E-state index contributed by atoms with van der Waals surface area (Å²) in [6.45, 7) is 8.78. The van der Waals surface area contributed by atoms with Crippen LogP contribution >= 0.6 is 0 Å². The Balaban J connectivity index is 1.52. The molecule has 0 unspecified atom stereocenters. The number of alkyl carbamates (subject to hydrolysis) is 1. The van der Waals surface area contributed by atoms with Crippen LogP contribution in [0.25, 0.3) is 33.4 Å². The molecular formula is C30H34FN5O3. The Bertz CT molecular complexity index is 1480. The third-order valence-corrected chi connectivity index (χ3v) is 6.79. The Morgan fingerprint density at radius 3 is 2.59 bits per heavy atom. The summed E-state index contributed by atoms with van der Waals surface area (Å²) in [5.74, 6) is 0.457. The number of fused-ring (bicyclic) bond motifs is 1. The molecule has 0 aliphatic carbocycles. The second kappa shape index (κ2) is 10.6. The van der Waals surface area contributed by atoms with E-state index in [1.54, 1.807) is 13.3 Å². The number of carbonyl (C=O) groups excluding carboxylic acids is 1. The number of H-pyrrole nitrogens is 1. The van der Waals surface area contributed by atoms with Crippen molar-refractivity contribution in [2.45, 2.75) is 52.2 Å². The van der Waals surface area contributed by atoms with E-state index in [0.29, 0.717) is 18.8 Å². The number of aryl methyl sites for hydroxylation is 1. The number of nitrogens with zero attached hydrogens (tertiary/aromatic N) is 3. The number of benzene rings is 2. The summed E-state index contributed by atoms with van der Waals surface area (Å²) in [6.07, 6.45) is 2.75. The van der Waals surface area contributed by atoms with E-state index in [-0.39, 0.29) is 11.9 Å². The minimum absolute atomic E-state index is 0.00486. The second-order valence-electron chi connectivity index (χ2n) is 11.0. The number of hydrogen-bond donors (Lipinski definition) is 2. The molecule has 9 heteroatoms. The fourth-order valence-electron chi connectivity index (χ4n) is 5.07. The Morgan fingerprint density at radius 2 is 1.90 bits per heavy atom. The molecule has 1 saturated heterocycles. The number of methoxy groups -OCH3 is 1. The molecule has 204 valence electrons. The number of carbonyl (C=O) groups is 1. The van der Waals surface area contributed by atoms with Crippen LogP contribution in [-0.4, -0.2) is 53.1 Å². The van der Waals surface area contributed by atoms with Gasteiger partial charge in [0.2, 0.25) is 0 Å². The average molecular weight is 532 g/mol. The maximum Gasteiger partial charge on any atom is 0.407 e. The van der Waals surface area contributed by atoms with Crippen molar-refractivity contribution < 1.29 is 18.7 Å². The molecule has 0 spiro atoms. The molecule has 1 amide bonds. The molecule has 0 bridgehead atoms. The van der Waals surface area contributed by atoms with Crippen LogP contribution in [0, 0.1) is 12.7 Å². The van der Waals surface area contributed by atoms with Gasteiger partial charge in [-0.25, -0.2) is 9.18 Å². The molecule has 5 rings (SSSR count). The third kappa shape index (κ3) is 5.97. The number of piperidine rings is 1. The van der Waals surface area contributed by atoms with Crippen molar-refractivity contribution in [3.05, 3.63) is 60.0 Å². The monoisotopic (exact) mass is 531 g/mol. The molecule has 2 N–H and O–H groups in total. The normalized spacial score (nSPS) is 14.5. The smallest absolute Gasteiger partial charge is 0.407 e. The van der Waals surface area contributed by atoms with E-state index in [2.05, 4.69) is 25.4 Å². The molecule has 1 aliphatic heterocycles. The molecule has 2 aromatic carbocycles. The first-order valence-corrected chi connectivity index (χ1v) is 13.1. The largest absolute Gasteiger partial charge is 0.497 e. The number of rotatable bonds is 5. The number of aromatic amines is 1. The van der Waals surface area contributed by atoms with E-state index in [1.165, 1.54) is 12.1 Å². The highest BCUT2D eigenvalue weighted by Gasteiger charge is 2.28. The van der Waals surface area contributed by atoms with Crippen LogP contribution in [0.5, 0.6) is 5.75 Å². The van der Waals surface area contributed by atoms with Crippen molar-refractivity contribution in [1.29, 1.82) is 0 Å². The molecule has 2 aromatic heterocycles. The van der Waals surface area contributed by atoms with Crippen molar-refractivity contribution in [3.63, 3.8) is 0 Å². The zero-order valence-electron chi connectivity index (χ0n) is 23.0. The number of aromatic nitrogens is 3. The highest BCUT2D eigenvalue weighted by Crippen LogP contribution is 2.40.